The lowest BCUT2D eigenvalue weighted by Gasteiger charge is -2.36. The van der Waals surface area contributed by atoms with Crippen LogP contribution in [0.2, 0.25) is 0 Å². The van der Waals surface area contributed by atoms with Crippen LogP contribution in [0.5, 0.6) is 0 Å². The zero-order valence-electron chi connectivity index (χ0n) is 17.8. The van der Waals surface area contributed by atoms with E-state index in [1.807, 2.05) is 60.6 Å². The Bertz CT molecular complexity index is 1010. The third-order valence-corrected chi connectivity index (χ3v) is 5.44. The number of anilines is 1. The Hall–Kier alpha value is -3.41. The number of carbonyl (C=O) groups is 2. The fraction of sp³-hybridized carbons (Fsp3) is 0.292. The lowest BCUT2D eigenvalue weighted by atomic mass is 10.1. The van der Waals surface area contributed by atoms with Crippen molar-refractivity contribution in [2.45, 2.75) is 20.8 Å². The summed E-state index contributed by atoms with van der Waals surface area (Å²) >= 11 is 0. The van der Waals surface area contributed by atoms with Gasteiger partial charge in [-0.1, -0.05) is 30.3 Å². The first-order valence-corrected chi connectivity index (χ1v) is 10.1. The molecule has 4 rings (SSSR count). The fourth-order valence-electron chi connectivity index (χ4n) is 3.92. The standard InChI is InChI=1S/C23H26N4O.CH2O/c1-17-8-7-11-21(16-17)25-12-14-26(15-13-25)23(28)22-18(2)24-27(19(22)3)20-9-5-4-6-10-20;1-2/h4-11,16H,12-15H2,1-3H3;1H2. The third kappa shape index (κ3) is 4.27. The van der Waals surface area contributed by atoms with Gasteiger partial charge in [-0.05, 0) is 50.6 Å². The highest BCUT2D eigenvalue weighted by molar-refractivity contribution is 5.96. The number of para-hydroxylation sites is 1. The van der Waals surface area contributed by atoms with Crippen molar-refractivity contribution in [3.8, 4) is 5.69 Å². The van der Waals surface area contributed by atoms with Gasteiger partial charge in [-0.25, -0.2) is 4.68 Å². The molecule has 1 aliphatic rings. The second-order valence-electron chi connectivity index (χ2n) is 7.41. The van der Waals surface area contributed by atoms with E-state index in [9.17, 15) is 4.79 Å². The number of aryl methyl sites for hydroxylation is 2. The summed E-state index contributed by atoms with van der Waals surface area (Å²) in [6, 6.07) is 18.5. The fourth-order valence-corrected chi connectivity index (χ4v) is 3.92. The van der Waals surface area contributed by atoms with Crippen molar-refractivity contribution >= 4 is 18.4 Å². The molecule has 1 aromatic heterocycles. The minimum atomic E-state index is 0.0843. The van der Waals surface area contributed by atoms with Crippen molar-refractivity contribution in [1.29, 1.82) is 0 Å². The van der Waals surface area contributed by atoms with Gasteiger partial charge < -0.3 is 14.6 Å². The highest BCUT2D eigenvalue weighted by Crippen LogP contribution is 2.22. The van der Waals surface area contributed by atoms with Crippen LogP contribution in [0.1, 0.15) is 27.3 Å². The molecule has 3 aromatic rings. The molecular formula is C24H28N4O2. The summed E-state index contributed by atoms with van der Waals surface area (Å²) in [4.78, 5) is 25.5. The first-order valence-electron chi connectivity index (χ1n) is 10.1. The SMILES string of the molecule is C=O.Cc1cccc(N2CCN(C(=O)c3c(C)nn(-c4ccccc4)c3C)CC2)c1. The van der Waals surface area contributed by atoms with Crippen molar-refractivity contribution in [2.24, 2.45) is 0 Å². The van der Waals surface area contributed by atoms with Crippen LogP contribution in [-0.2, 0) is 4.79 Å². The maximum Gasteiger partial charge on any atom is 0.257 e. The molecule has 2 aromatic carbocycles. The van der Waals surface area contributed by atoms with Gasteiger partial charge >= 0.3 is 0 Å². The molecule has 0 atom stereocenters. The van der Waals surface area contributed by atoms with Gasteiger partial charge in [0.15, 0.2) is 0 Å². The molecule has 0 aliphatic carbocycles. The van der Waals surface area contributed by atoms with E-state index in [4.69, 9.17) is 4.79 Å². The normalized spacial score (nSPS) is 13.6. The van der Waals surface area contributed by atoms with Crippen LogP contribution in [0.3, 0.4) is 0 Å². The molecule has 30 heavy (non-hydrogen) atoms. The van der Waals surface area contributed by atoms with Gasteiger partial charge in [0.2, 0.25) is 0 Å². The van der Waals surface area contributed by atoms with E-state index in [0.29, 0.717) is 0 Å². The lowest BCUT2D eigenvalue weighted by molar-refractivity contribution is -0.0980. The zero-order chi connectivity index (χ0) is 21.7. The van der Waals surface area contributed by atoms with E-state index < -0.39 is 0 Å². The predicted octanol–water partition coefficient (Wildman–Crippen LogP) is 3.58. The third-order valence-electron chi connectivity index (χ3n) is 5.44. The van der Waals surface area contributed by atoms with Crippen molar-refractivity contribution in [3.63, 3.8) is 0 Å². The van der Waals surface area contributed by atoms with Gasteiger partial charge in [0.1, 0.15) is 6.79 Å². The number of hydrogen-bond acceptors (Lipinski definition) is 4. The molecule has 1 amide bonds. The molecule has 0 spiro atoms. The Kier molecular flexibility index (Phi) is 6.67. The molecular weight excluding hydrogens is 376 g/mol. The highest BCUT2D eigenvalue weighted by atomic mass is 16.2. The first-order chi connectivity index (χ1) is 14.5. The number of aromatic nitrogens is 2. The quantitative estimate of drug-likeness (QED) is 0.670. The van der Waals surface area contributed by atoms with E-state index >= 15 is 0 Å². The Balaban J connectivity index is 0.00000124. The minimum absolute atomic E-state index is 0.0843. The largest absolute Gasteiger partial charge is 0.368 e. The molecule has 1 fully saturated rings. The van der Waals surface area contributed by atoms with Crippen molar-refractivity contribution in [1.82, 2.24) is 14.7 Å². The smallest absolute Gasteiger partial charge is 0.257 e. The number of hydrogen-bond donors (Lipinski definition) is 0. The average molecular weight is 405 g/mol. The van der Waals surface area contributed by atoms with Gasteiger partial charge in [-0.2, -0.15) is 5.10 Å². The van der Waals surface area contributed by atoms with Crippen molar-refractivity contribution in [2.75, 3.05) is 31.1 Å². The van der Waals surface area contributed by atoms with Gasteiger partial charge in [-0.3, -0.25) is 4.79 Å². The summed E-state index contributed by atoms with van der Waals surface area (Å²) in [6.45, 7) is 11.1. The van der Waals surface area contributed by atoms with Crippen molar-refractivity contribution < 1.29 is 9.59 Å². The molecule has 1 aliphatic heterocycles. The monoisotopic (exact) mass is 404 g/mol. The molecule has 156 valence electrons. The van der Waals surface area contributed by atoms with Gasteiger partial charge in [0.05, 0.1) is 22.6 Å². The van der Waals surface area contributed by atoms with E-state index in [2.05, 4.69) is 41.2 Å². The summed E-state index contributed by atoms with van der Waals surface area (Å²) in [5.74, 6) is 0.0843. The summed E-state index contributed by atoms with van der Waals surface area (Å²) in [5.41, 5.74) is 5.88. The molecule has 0 saturated carbocycles. The van der Waals surface area contributed by atoms with Gasteiger partial charge in [0, 0.05) is 31.9 Å². The molecule has 6 nitrogen and oxygen atoms in total. The Morgan fingerprint density at radius 1 is 0.867 bits per heavy atom. The average Bonchev–Trinajstić information content (AvgIpc) is 3.09. The van der Waals surface area contributed by atoms with Crippen LogP contribution >= 0.6 is 0 Å². The van der Waals surface area contributed by atoms with E-state index in [1.54, 1.807) is 0 Å². The number of nitrogens with zero attached hydrogens (tertiary/aromatic N) is 4. The minimum Gasteiger partial charge on any atom is -0.368 e. The molecule has 0 radical (unpaired) electrons. The molecule has 0 bridgehead atoms. The van der Waals surface area contributed by atoms with E-state index in [-0.39, 0.29) is 5.91 Å². The number of carbonyl (C=O) groups excluding carboxylic acids is 2. The number of benzene rings is 2. The summed E-state index contributed by atoms with van der Waals surface area (Å²) < 4.78 is 1.87. The zero-order valence-corrected chi connectivity index (χ0v) is 17.8. The maximum atomic E-state index is 13.2. The Morgan fingerprint density at radius 3 is 2.13 bits per heavy atom. The summed E-state index contributed by atoms with van der Waals surface area (Å²) in [6.07, 6.45) is 0. The van der Waals surface area contributed by atoms with Crippen molar-refractivity contribution in [3.05, 3.63) is 77.1 Å². The predicted molar refractivity (Wildman–Crippen MR) is 119 cm³/mol. The highest BCUT2D eigenvalue weighted by Gasteiger charge is 2.27. The lowest BCUT2D eigenvalue weighted by Crippen LogP contribution is -2.49. The van der Waals surface area contributed by atoms with E-state index in [0.717, 1.165) is 48.8 Å². The van der Waals surface area contributed by atoms with Crippen LogP contribution < -0.4 is 4.90 Å². The summed E-state index contributed by atoms with van der Waals surface area (Å²) in [7, 11) is 0. The van der Waals surface area contributed by atoms with E-state index in [1.165, 1.54) is 11.3 Å². The molecule has 2 heterocycles. The number of piperazine rings is 1. The van der Waals surface area contributed by atoms with Crippen LogP contribution in [0, 0.1) is 20.8 Å². The maximum absolute atomic E-state index is 13.2. The first kappa shape index (κ1) is 21.3. The van der Waals surface area contributed by atoms with Crippen LogP contribution in [-0.4, -0.2) is 53.6 Å². The molecule has 1 saturated heterocycles. The van der Waals surface area contributed by atoms with Gasteiger partial charge in [0.25, 0.3) is 5.91 Å². The molecule has 6 heteroatoms. The Morgan fingerprint density at radius 2 is 1.50 bits per heavy atom. The molecule has 0 N–H and O–H groups in total. The van der Waals surface area contributed by atoms with Crippen LogP contribution in [0.25, 0.3) is 5.69 Å². The number of rotatable bonds is 3. The van der Waals surface area contributed by atoms with Crippen LogP contribution in [0.4, 0.5) is 5.69 Å². The van der Waals surface area contributed by atoms with Crippen LogP contribution in [0.15, 0.2) is 54.6 Å². The van der Waals surface area contributed by atoms with Gasteiger partial charge in [-0.15, -0.1) is 0 Å². The second kappa shape index (κ2) is 9.39. The molecule has 0 unspecified atom stereocenters. The second-order valence-corrected chi connectivity index (χ2v) is 7.41. The topological polar surface area (TPSA) is 58.4 Å². The summed E-state index contributed by atoms with van der Waals surface area (Å²) in [5, 5.41) is 4.63. The number of amides is 1. The Labute approximate surface area is 177 Å².